The monoisotopic (exact) mass is 497 g/mol. The maximum absolute atomic E-state index is 13.3. The number of thiophene rings is 1. The van der Waals surface area contributed by atoms with Gasteiger partial charge in [-0.2, -0.15) is 0 Å². The molecule has 2 aromatic carbocycles. The molecule has 0 unspecified atom stereocenters. The first-order valence-electron chi connectivity index (χ1n) is 10.1. The van der Waals surface area contributed by atoms with E-state index in [1.54, 1.807) is 14.0 Å². The molecule has 4 aromatic rings. The minimum Gasteiger partial charge on any atom is -0.497 e. The number of Topliss-reactive ketones (excluding diaryl/α,β-unsaturated/α-hetero) is 1. The quantitative estimate of drug-likeness (QED) is 0.216. The lowest BCUT2D eigenvalue weighted by atomic mass is 9.91. The maximum atomic E-state index is 13.3. The van der Waals surface area contributed by atoms with Crippen LogP contribution >= 0.6 is 23.1 Å². The van der Waals surface area contributed by atoms with E-state index in [1.165, 1.54) is 36.0 Å². The van der Waals surface area contributed by atoms with Gasteiger partial charge in [0.05, 0.1) is 28.1 Å². The Kier molecular flexibility index (Phi) is 6.65. The Balaban J connectivity index is 1.58. The van der Waals surface area contributed by atoms with Crippen LogP contribution in [0.15, 0.2) is 59.6 Å². The van der Waals surface area contributed by atoms with Crippen LogP contribution < -0.4 is 10.5 Å². The van der Waals surface area contributed by atoms with Crippen molar-refractivity contribution in [3.05, 3.63) is 81.6 Å². The standard InChI is InChI=1S/C24H20FN3O4S2/c1-13-27-18-8-7-16(32-2)11-17(18)22(28-13)33-12-19(29)20-9-10-21(34-20)24(31,23(26)30)14-3-5-15(25)6-4-14/h3-11,31H,12H2,1-2H3,(H2,26,30)/t24-/m0/s1. The van der Waals surface area contributed by atoms with E-state index in [0.29, 0.717) is 21.5 Å². The molecular weight excluding hydrogens is 477 g/mol. The molecule has 0 bridgehead atoms. The Morgan fingerprint density at radius 2 is 1.88 bits per heavy atom. The molecule has 0 spiro atoms. The summed E-state index contributed by atoms with van der Waals surface area (Å²) in [5.74, 6) is -0.432. The van der Waals surface area contributed by atoms with Crippen molar-refractivity contribution < 1.29 is 23.8 Å². The predicted octanol–water partition coefficient (Wildman–Crippen LogP) is 3.84. The van der Waals surface area contributed by atoms with Crippen molar-refractivity contribution in [2.24, 2.45) is 5.73 Å². The molecule has 10 heteroatoms. The summed E-state index contributed by atoms with van der Waals surface area (Å²) in [6, 6.07) is 13.3. The van der Waals surface area contributed by atoms with Crippen LogP contribution in [0, 0.1) is 12.7 Å². The van der Waals surface area contributed by atoms with E-state index in [-0.39, 0.29) is 22.0 Å². The van der Waals surface area contributed by atoms with Crippen LogP contribution in [0.3, 0.4) is 0 Å². The van der Waals surface area contributed by atoms with Gasteiger partial charge >= 0.3 is 0 Å². The highest BCUT2D eigenvalue weighted by Gasteiger charge is 2.40. The van der Waals surface area contributed by atoms with Crippen LogP contribution in [0.1, 0.15) is 25.9 Å². The van der Waals surface area contributed by atoms with Gasteiger partial charge in [0.25, 0.3) is 5.91 Å². The molecule has 0 saturated carbocycles. The number of aryl methyl sites for hydroxylation is 1. The normalized spacial score (nSPS) is 12.9. The lowest BCUT2D eigenvalue weighted by molar-refractivity contribution is -0.132. The van der Waals surface area contributed by atoms with Gasteiger partial charge in [0.2, 0.25) is 5.60 Å². The molecule has 7 nitrogen and oxygen atoms in total. The van der Waals surface area contributed by atoms with Gasteiger partial charge in [0.15, 0.2) is 5.78 Å². The van der Waals surface area contributed by atoms with Crippen molar-refractivity contribution in [2.75, 3.05) is 12.9 Å². The first-order valence-corrected chi connectivity index (χ1v) is 11.9. The Morgan fingerprint density at radius 1 is 1.15 bits per heavy atom. The number of nitrogens with two attached hydrogens (primary N) is 1. The fourth-order valence-electron chi connectivity index (χ4n) is 3.41. The SMILES string of the molecule is COc1ccc2nc(C)nc(SCC(=O)c3ccc([C@](O)(C(N)=O)c4ccc(F)cc4)s3)c2c1. The first-order chi connectivity index (χ1) is 16.2. The molecule has 174 valence electrons. The molecule has 0 saturated heterocycles. The topological polar surface area (TPSA) is 115 Å². The van der Waals surface area contributed by atoms with Gasteiger partial charge in [-0.3, -0.25) is 9.59 Å². The molecule has 3 N–H and O–H groups in total. The van der Waals surface area contributed by atoms with Crippen molar-refractivity contribution in [1.29, 1.82) is 0 Å². The largest absolute Gasteiger partial charge is 0.497 e. The maximum Gasteiger partial charge on any atom is 0.259 e. The minimum absolute atomic E-state index is 0.0776. The zero-order valence-electron chi connectivity index (χ0n) is 18.2. The number of aromatic nitrogens is 2. The third kappa shape index (κ3) is 4.52. The second kappa shape index (κ2) is 9.49. The molecule has 4 rings (SSSR count). The number of methoxy groups -OCH3 is 1. The number of aliphatic hydroxyl groups is 1. The fourth-order valence-corrected chi connectivity index (χ4v) is 5.50. The number of hydrogen-bond donors (Lipinski definition) is 2. The van der Waals surface area contributed by atoms with E-state index >= 15 is 0 Å². The van der Waals surface area contributed by atoms with E-state index in [9.17, 15) is 19.1 Å². The number of thioether (sulfide) groups is 1. The van der Waals surface area contributed by atoms with Crippen molar-refractivity contribution in [3.63, 3.8) is 0 Å². The number of carbonyl (C=O) groups is 2. The molecule has 0 aliphatic rings. The van der Waals surface area contributed by atoms with Crippen LogP contribution in [0.25, 0.3) is 10.9 Å². The van der Waals surface area contributed by atoms with E-state index in [2.05, 4.69) is 9.97 Å². The molecule has 1 atom stereocenters. The number of primary amides is 1. The highest BCUT2D eigenvalue weighted by atomic mass is 32.2. The number of fused-ring (bicyclic) bond motifs is 1. The van der Waals surface area contributed by atoms with Gasteiger partial charge in [-0.25, -0.2) is 14.4 Å². The zero-order chi connectivity index (χ0) is 24.5. The van der Waals surface area contributed by atoms with Crippen molar-refractivity contribution >= 4 is 45.7 Å². The van der Waals surface area contributed by atoms with Crippen LogP contribution in [0.2, 0.25) is 0 Å². The number of carbonyl (C=O) groups excluding carboxylic acids is 2. The number of hydrogen-bond acceptors (Lipinski definition) is 8. The molecule has 2 heterocycles. The zero-order valence-corrected chi connectivity index (χ0v) is 19.9. The molecule has 0 aliphatic heterocycles. The lowest BCUT2D eigenvalue weighted by Crippen LogP contribution is -2.41. The molecule has 0 radical (unpaired) electrons. The number of rotatable bonds is 8. The summed E-state index contributed by atoms with van der Waals surface area (Å²) in [5, 5.41) is 12.5. The summed E-state index contributed by atoms with van der Waals surface area (Å²) in [6.07, 6.45) is 0. The van der Waals surface area contributed by atoms with Crippen molar-refractivity contribution in [3.8, 4) is 5.75 Å². The van der Waals surface area contributed by atoms with E-state index in [4.69, 9.17) is 10.5 Å². The number of nitrogens with zero attached hydrogens (tertiary/aromatic N) is 2. The van der Waals surface area contributed by atoms with Gasteiger partial charge in [-0.1, -0.05) is 23.9 Å². The molecule has 1 amide bonds. The van der Waals surface area contributed by atoms with Crippen LogP contribution in [-0.4, -0.2) is 39.6 Å². The Hall–Kier alpha value is -3.34. The Bertz CT molecular complexity index is 1390. The van der Waals surface area contributed by atoms with E-state index in [1.807, 2.05) is 18.2 Å². The summed E-state index contributed by atoms with van der Waals surface area (Å²) < 4.78 is 18.6. The molecular formula is C24H20FN3O4S2. The van der Waals surface area contributed by atoms with Crippen molar-refractivity contribution in [2.45, 2.75) is 17.6 Å². The number of halogens is 1. The van der Waals surface area contributed by atoms with Gasteiger partial charge in [-0.05, 0) is 55.0 Å². The Morgan fingerprint density at radius 3 is 2.56 bits per heavy atom. The van der Waals surface area contributed by atoms with E-state index < -0.39 is 17.3 Å². The average Bonchev–Trinajstić information content (AvgIpc) is 3.32. The van der Waals surface area contributed by atoms with Gasteiger partial charge in [0, 0.05) is 5.39 Å². The molecule has 0 fully saturated rings. The van der Waals surface area contributed by atoms with Crippen LogP contribution in [-0.2, 0) is 10.4 Å². The summed E-state index contributed by atoms with van der Waals surface area (Å²) in [7, 11) is 1.57. The minimum atomic E-state index is -2.18. The highest BCUT2D eigenvalue weighted by molar-refractivity contribution is 8.00. The predicted molar refractivity (Wildman–Crippen MR) is 129 cm³/mol. The summed E-state index contributed by atoms with van der Waals surface area (Å²) in [6.45, 7) is 1.78. The summed E-state index contributed by atoms with van der Waals surface area (Å²) in [4.78, 5) is 34.5. The third-order valence-corrected chi connectivity index (χ3v) is 7.40. The fraction of sp³-hybridized carbons (Fsp3) is 0.167. The first kappa shape index (κ1) is 23.8. The number of ketones is 1. The Labute approximate surface area is 202 Å². The van der Waals surface area contributed by atoms with Gasteiger partial charge < -0.3 is 15.6 Å². The summed E-state index contributed by atoms with van der Waals surface area (Å²) in [5.41, 5.74) is 4.18. The number of ether oxygens (including phenoxy) is 1. The van der Waals surface area contributed by atoms with Crippen molar-refractivity contribution in [1.82, 2.24) is 9.97 Å². The molecule has 34 heavy (non-hydrogen) atoms. The number of amides is 1. The lowest BCUT2D eigenvalue weighted by Gasteiger charge is -2.23. The smallest absolute Gasteiger partial charge is 0.259 e. The van der Waals surface area contributed by atoms with Gasteiger partial charge in [-0.15, -0.1) is 11.3 Å². The molecule has 0 aliphatic carbocycles. The summed E-state index contributed by atoms with van der Waals surface area (Å²) >= 11 is 2.22. The second-order valence-corrected chi connectivity index (χ2v) is 9.46. The second-order valence-electron chi connectivity index (χ2n) is 7.42. The average molecular weight is 498 g/mol. The van der Waals surface area contributed by atoms with E-state index in [0.717, 1.165) is 34.4 Å². The van der Waals surface area contributed by atoms with Gasteiger partial charge in [0.1, 0.15) is 22.4 Å². The third-order valence-electron chi connectivity index (χ3n) is 5.18. The molecule has 2 aromatic heterocycles. The highest BCUT2D eigenvalue weighted by Crippen LogP contribution is 2.36. The van der Waals surface area contributed by atoms with Crippen LogP contribution in [0.4, 0.5) is 4.39 Å². The van der Waals surface area contributed by atoms with Crippen LogP contribution in [0.5, 0.6) is 5.75 Å². The number of benzene rings is 2.